The topological polar surface area (TPSA) is 102 Å². The number of aromatic nitrogens is 4. The van der Waals surface area contributed by atoms with E-state index in [0.29, 0.717) is 19.1 Å². The highest BCUT2D eigenvalue weighted by atomic mass is 16.5. The minimum atomic E-state index is -0.0977. The maximum Gasteiger partial charge on any atom is 0.225 e. The van der Waals surface area contributed by atoms with Gasteiger partial charge in [0, 0.05) is 49.0 Å². The zero-order valence-electron chi connectivity index (χ0n) is 17.9. The summed E-state index contributed by atoms with van der Waals surface area (Å²) < 4.78 is 11.7. The predicted octanol–water partition coefficient (Wildman–Crippen LogP) is 3.77. The molecule has 0 spiro atoms. The Bertz CT molecular complexity index is 1210. The predicted molar refractivity (Wildman–Crippen MR) is 121 cm³/mol. The number of nitrogens with one attached hydrogen (secondary N) is 2. The van der Waals surface area contributed by atoms with Crippen molar-refractivity contribution in [2.45, 2.75) is 38.7 Å². The normalized spacial score (nSPS) is 17.0. The molecule has 8 nitrogen and oxygen atoms in total. The molecule has 1 amide bonds. The Morgan fingerprint density at radius 1 is 1.22 bits per heavy atom. The van der Waals surface area contributed by atoms with Gasteiger partial charge in [0.05, 0.1) is 29.8 Å². The molecular weight excluding hydrogens is 406 g/mol. The molecule has 3 aromatic heterocycles. The number of ether oxygens (including phenoxy) is 2. The fourth-order valence-electron chi connectivity index (χ4n) is 4.17. The number of fused-ring (bicyclic) bond motifs is 1. The largest absolute Gasteiger partial charge is 0.474 e. The molecule has 2 N–H and O–H groups in total. The number of allylic oxidation sites excluding steroid dienone is 3. The lowest BCUT2D eigenvalue weighted by molar-refractivity contribution is -0.118. The monoisotopic (exact) mass is 431 g/mol. The zero-order valence-corrected chi connectivity index (χ0v) is 17.9. The quantitative estimate of drug-likeness (QED) is 0.638. The van der Waals surface area contributed by atoms with E-state index in [2.05, 4.69) is 31.6 Å². The molecule has 0 bridgehead atoms. The van der Waals surface area contributed by atoms with Gasteiger partial charge in [0.15, 0.2) is 0 Å². The first-order valence-electron chi connectivity index (χ1n) is 10.9. The molecular formula is C24H25N5O3. The molecule has 1 aliphatic carbocycles. The van der Waals surface area contributed by atoms with E-state index in [1.165, 1.54) is 6.92 Å². The van der Waals surface area contributed by atoms with Gasteiger partial charge in [-0.25, -0.2) is 4.98 Å². The molecule has 5 rings (SSSR count). The van der Waals surface area contributed by atoms with E-state index in [1.807, 2.05) is 24.3 Å². The Hall–Kier alpha value is -3.52. The van der Waals surface area contributed by atoms with E-state index in [-0.39, 0.29) is 12.0 Å². The van der Waals surface area contributed by atoms with E-state index >= 15 is 0 Å². The van der Waals surface area contributed by atoms with Crippen LogP contribution >= 0.6 is 0 Å². The summed E-state index contributed by atoms with van der Waals surface area (Å²) in [5.74, 6) is 0.481. The summed E-state index contributed by atoms with van der Waals surface area (Å²) in [4.78, 5) is 20.7. The van der Waals surface area contributed by atoms with Crippen LogP contribution < -0.4 is 10.1 Å². The summed E-state index contributed by atoms with van der Waals surface area (Å²) in [5, 5.41) is 11.5. The number of carbonyl (C=O) groups is 1. The third kappa shape index (κ3) is 4.13. The number of hydrogen-bond acceptors (Lipinski definition) is 6. The van der Waals surface area contributed by atoms with Crippen molar-refractivity contribution in [3.8, 4) is 17.1 Å². The minimum absolute atomic E-state index is 0.0806. The Morgan fingerprint density at radius 3 is 2.91 bits per heavy atom. The van der Waals surface area contributed by atoms with Crippen molar-refractivity contribution in [3.05, 3.63) is 54.1 Å². The van der Waals surface area contributed by atoms with Gasteiger partial charge in [-0.15, -0.1) is 0 Å². The van der Waals surface area contributed by atoms with E-state index in [9.17, 15) is 4.79 Å². The Kier molecular flexibility index (Phi) is 5.68. The van der Waals surface area contributed by atoms with Gasteiger partial charge in [-0.1, -0.05) is 6.08 Å². The highest BCUT2D eigenvalue weighted by molar-refractivity contribution is 5.96. The van der Waals surface area contributed by atoms with Crippen molar-refractivity contribution >= 4 is 22.4 Å². The lowest BCUT2D eigenvalue weighted by atomic mass is 9.97. The number of amides is 1. The number of aromatic amines is 1. The summed E-state index contributed by atoms with van der Waals surface area (Å²) in [5.41, 5.74) is 5.19. The van der Waals surface area contributed by atoms with E-state index < -0.39 is 0 Å². The van der Waals surface area contributed by atoms with Gasteiger partial charge < -0.3 is 14.8 Å². The SMILES string of the molecule is CC(=O)NC1=C(c2cc(-c3n[nH]c4ccnc(OC5CCOCC5)c34)ccn2)CCC=C1. The van der Waals surface area contributed by atoms with Gasteiger partial charge in [0.1, 0.15) is 11.8 Å². The summed E-state index contributed by atoms with van der Waals surface area (Å²) in [6, 6.07) is 5.84. The number of rotatable bonds is 5. The maximum absolute atomic E-state index is 11.6. The average Bonchev–Trinajstić information content (AvgIpc) is 3.25. The van der Waals surface area contributed by atoms with Crippen LogP contribution in [0.1, 0.15) is 38.3 Å². The smallest absolute Gasteiger partial charge is 0.225 e. The van der Waals surface area contributed by atoms with Crippen LogP contribution in [0.15, 0.2) is 48.4 Å². The van der Waals surface area contributed by atoms with E-state index in [1.54, 1.807) is 12.4 Å². The third-order valence-corrected chi connectivity index (χ3v) is 5.71. The first-order valence-corrected chi connectivity index (χ1v) is 10.9. The third-order valence-electron chi connectivity index (χ3n) is 5.71. The number of H-pyrrole nitrogens is 1. The van der Waals surface area contributed by atoms with Crippen molar-refractivity contribution in [2.24, 2.45) is 0 Å². The van der Waals surface area contributed by atoms with Gasteiger partial charge in [-0.3, -0.25) is 14.9 Å². The fraction of sp³-hybridized carbons (Fsp3) is 0.333. The van der Waals surface area contributed by atoms with Gasteiger partial charge in [0.25, 0.3) is 0 Å². The molecule has 1 fully saturated rings. The summed E-state index contributed by atoms with van der Waals surface area (Å²) in [7, 11) is 0. The Balaban J connectivity index is 1.54. The molecule has 32 heavy (non-hydrogen) atoms. The van der Waals surface area contributed by atoms with Crippen LogP contribution in [0.5, 0.6) is 5.88 Å². The lowest BCUT2D eigenvalue weighted by Crippen LogP contribution is -2.26. The molecule has 3 aromatic rings. The van der Waals surface area contributed by atoms with Crippen LogP contribution in [-0.2, 0) is 9.53 Å². The van der Waals surface area contributed by atoms with Crippen molar-refractivity contribution in [3.63, 3.8) is 0 Å². The molecule has 0 atom stereocenters. The van der Waals surface area contributed by atoms with Crippen molar-refractivity contribution < 1.29 is 14.3 Å². The molecule has 8 heteroatoms. The number of nitrogens with zero attached hydrogens (tertiary/aromatic N) is 3. The van der Waals surface area contributed by atoms with Crippen LogP contribution in [0.2, 0.25) is 0 Å². The van der Waals surface area contributed by atoms with Crippen molar-refractivity contribution in [2.75, 3.05) is 13.2 Å². The van der Waals surface area contributed by atoms with Crippen LogP contribution in [0, 0.1) is 0 Å². The molecule has 4 heterocycles. The van der Waals surface area contributed by atoms with Crippen molar-refractivity contribution in [1.29, 1.82) is 0 Å². The fourth-order valence-corrected chi connectivity index (χ4v) is 4.17. The molecule has 164 valence electrons. The summed E-state index contributed by atoms with van der Waals surface area (Å²) in [6.07, 6.45) is 11.0. The second kappa shape index (κ2) is 8.92. The van der Waals surface area contributed by atoms with Gasteiger partial charge in [-0.05, 0) is 37.1 Å². The zero-order chi connectivity index (χ0) is 21.9. The standard InChI is InChI=1S/C24H25N5O3/c1-15(30)27-19-5-3-2-4-18(19)21-14-16(6-10-25-21)23-22-20(28-29-23)7-11-26-24(22)32-17-8-12-31-13-9-17/h3,5-7,10-11,14,17H,2,4,8-9,12-13H2,1H3,(H,27,30)(H,28,29). The van der Waals surface area contributed by atoms with Crippen molar-refractivity contribution in [1.82, 2.24) is 25.5 Å². The first-order chi connectivity index (χ1) is 15.7. The highest BCUT2D eigenvalue weighted by Gasteiger charge is 2.21. The van der Waals surface area contributed by atoms with Crippen LogP contribution in [0.25, 0.3) is 27.7 Å². The van der Waals surface area contributed by atoms with E-state index in [4.69, 9.17) is 9.47 Å². The van der Waals surface area contributed by atoms with Gasteiger partial charge in [0.2, 0.25) is 11.8 Å². The maximum atomic E-state index is 11.6. The first kappa shape index (κ1) is 20.4. The minimum Gasteiger partial charge on any atom is -0.474 e. The summed E-state index contributed by atoms with van der Waals surface area (Å²) >= 11 is 0. The molecule has 2 aliphatic rings. The molecule has 0 saturated carbocycles. The highest BCUT2D eigenvalue weighted by Crippen LogP contribution is 2.35. The molecule has 0 aromatic carbocycles. The number of hydrogen-bond donors (Lipinski definition) is 2. The number of carbonyl (C=O) groups excluding carboxylic acids is 1. The molecule has 0 radical (unpaired) electrons. The number of pyridine rings is 2. The molecule has 1 aliphatic heterocycles. The van der Waals surface area contributed by atoms with Crippen LogP contribution in [0.4, 0.5) is 0 Å². The Morgan fingerprint density at radius 2 is 2.06 bits per heavy atom. The van der Waals surface area contributed by atoms with E-state index in [0.717, 1.165) is 64.8 Å². The lowest BCUT2D eigenvalue weighted by Gasteiger charge is -2.23. The second-order valence-corrected chi connectivity index (χ2v) is 7.98. The van der Waals surface area contributed by atoms with Crippen LogP contribution in [-0.4, -0.2) is 45.4 Å². The van der Waals surface area contributed by atoms with Gasteiger partial charge in [-0.2, -0.15) is 5.10 Å². The summed E-state index contributed by atoms with van der Waals surface area (Å²) in [6.45, 7) is 2.92. The molecule has 1 saturated heterocycles. The Labute approximate surface area is 185 Å². The average molecular weight is 431 g/mol. The molecule has 0 unspecified atom stereocenters. The second-order valence-electron chi connectivity index (χ2n) is 7.98. The van der Waals surface area contributed by atoms with Gasteiger partial charge >= 0.3 is 0 Å². The van der Waals surface area contributed by atoms with Crippen LogP contribution in [0.3, 0.4) is 0 Å².